The van der Waals surface area contributed by atoms with Crippen LogP contribution in [-0.2, 0) is 10.0 Å². The molecule has 0 fully saturated rings. The van der Waals surface area contributed by atoms with Gasteiger partial charge in [0.25, 0.3) is 21.4 Å². The minimum atomic E-state index is -4.33. The molecule has 0 bridgehead atoms. The number of benzene rings is 2. The average molecular weight is 352 g/mol. The molecule has 2 rings (SSSR count). The van der Waals surface area contributed by atoms with Gasteiger partial charge in [0, 0.05) is 12.1 Å². The first-order valence-corrected chi connectivity index (χ1v) is 7.92. The summed E-state index contributed by atoms with van der Waals surface area (Å²) in [5.74, 6) is 0. The van der Waals surface area contributed by atoms with E-state index in [-0.39, 0.29) is 16.9 Å². The highest BCUT2D eigenvalue weighted by Crippen LogP contribution is 2.31. The van der Waals surface area contributed by atoms with E-state index in [0.29, 0.717) is 0 Å². The van der Waals surface area contributed by atoms with Crippen LogP contribution in [0.15, 0.2) is 41.3 Å². The second-order valence-electron chi connectivity index (χ2n) is 4.82. The smallest absolute Gasteiger partial charge is 0.294 e. The maximum atomic E-state index is 12.5. The lowest BCUT2D eigenvalue weighted by Crippen LogP contribution is -2.16. The summed E-state index contributed by atoms with van der Waals surface area (Å²) >= 11 is 0. The maximum Gasteiger partial charge on any atom is 0.294 e. The number of rotatable bonds is 5. The molecule has 0 radical (unpaired) electrons. The Balaban J connectivity index is 2.53. The van der Waals surface area contributed by atoms with Crippen LogP contribution in [0.4, 0.5) is 22.7 Å². The third kappa shape index (κ3) is 3.25. The number of nitrogens with zero attached hydrogens (tertiary/aromatic N) is 2. The molecule has 0 spiro atoms. The minimum absolute atomic E-state index is 0.131. The summed E-state index contributed by atoms with van der Waals surface area (Å²) in [6.07, 6.45) is 0. The van der Waals surface area contributed by atoms with Gasteiger partial charge in [-0.1, -0.05) is 12.1 Å². The van der Waals surface area contributed by atoms with Crippen molar-refractivity contribution in [2.75, 3.05) is 10.5 Å². The number of nitrogens with two attached hydrogens (primary N) is 1. The third-order valence-corrected chi connectivity index (χ3v) is 4.71. The van der Waals surface area contributed by atoms with Gasteiger partial charge in [-0.25, -0.2) is 8.42 Å². The highest BCUT2D eigenvalue weighted by atomic mass is 32.2. The Kier molecular flexibility index (Phi) is 4.37. The zero-order chi connectivity index (χ0) is 18.1. The van der Waals surface area contributed by atoms with Gasteiger partial charge in [-0.3, -0.25) is 25.0 Å². The second-order valence-corrected chi connectivity index (χ2v) is 6.44. The molecule has 2 aromatic carbocycles. The average Bonchev–Trinajstić information content (AvgIpc) is 2.48. The lowest BCUT2D eigenvalue weighted by Gasteiger charge is -2.11. The molecule has 0 saturated carbocycles. The van der Waals surface area contributed by atoms with Crippen molar-refractivity contribution in [2.24, 2.45) is 0 Å². The molecule has 0 unspecified atom stereocenters. The van der Waals surface area contributed by atoms with Crippen LogP contribution in [-0.4, -0.2) is 18.3 Å². The summed E-state index contributed by atoms with van der Waals surface area (Å²) in [5.41, 5.74) is 4.28. The van der Waals surface area contributed by atoms with Crippen molar-refractivity contribution in [1.82, 2.24) is 0 Å². The fourth-order valence-corrected chi connectivity index (χ4v) is 3.55. The van der Waals surface area contributed by atoms with Crippen molar-refractivity contribution in [3.8, 4) is 0 Å². The first kappa shape index (κ1) is 17.1. The van der Waals surface area contributed by atoms with E-state index in [2.05, 4.69) is 4.72 Å². The summed E-state index contributed by atoms with van der Waals surface area (Å²) in [6.45, 7) is 1.41. The number of anilines is 2. The van der Waals surface area contributed by atoms with Gasteiger partial charge in [0.1, 0.15) is 5.69 Å². The molecule has 0 aromatic heterocycles. The van der Waals surface area contributed by atoms with E-state index in [4.69, 9.17) is 5.73 Å². The molecule has 2 aromatic rings. The van der Waals surface area contributed by atoms with Crippen LogP contribution < -0.4 is 10.5 Å². The lowest BCUT2D eigenvalue weighted by atomic mass is 10.2. The molecule has 10 nitrogen and oxygen atoms in total. The molecular weight excluding hydrogens is 340 g/mol. The van der Waals surface area contributed by atoms with Crippen LogP contribution in [0.2, 0.25) is 0 Å². The summed E-state index contributed by atoms with van der Waals surface area (Å²) < 4.78 is 27.1. The van der Waals surface area contributed by atoms with E-state index in [0.717, 1.165) is 12.1 Å². The van der Waals surface area contributed by atoms with Gasteiger partial charge in [0.05, 0.1) is 15.5 Å². The summed E-state index contributed by atoms with van der Waals surface area (Å²) in [4.78, 5) is 19.9. The van der Waals surface area contributed by atoms with E-state index >= 15 is 0 Å². The Morgan fingerprint density at radius 1 is 1.04 bits per heavy atom. The van der Waals surface area contributed by atoms with Crippen LogP contribution in [0.5, 0.6) is 0 Å². The van der Waals surface area contributed by atoms with E-state index in [9.17, 15) is 28.6 Å². The molecule has 3 N–H and O–H groups in total. The first-order valence-electron chi connectivity index (χ1n) is 6.44. The minimum Gasteiger partial charge on any atom is -0.393 e. The molecule has 0 heterocycles. The van der Waals surface area contributed by atoms with Crippen LogP contribution in [0.3, 0.4) is 0 Å². The van der Waals surface area contributed by atoms with Crippen molar-refractivity contribution in [3.05, 3.63) is 62.2 Å². The number of hydrogen-bond acceptors (Lipinski definition) is 7. The molecular formula is C13H12N4O6S. The molecule has 0 aliphatic rings. The zero-order valence-electron chi connectivity index (χ0n) is 12.3. The van der Waals surface area contributed by atoms with Gasteiger partial charge >= 0.3 is 0 Å². The fraction of sp³-hybridized carbons (Fsp3) is 0.0769. The highest BCUT2D eigenvalue weighted by molar-refractivity contribution is 7.93. The lowest BCUT2D eigenvalue weighted by molar-refractivity contribution is -0.387. The van der Waals surface area contributed by atoms with Crippen molar-refractivity contribution < 1.29 is 18.3 Å². The molecule has 0 aliphatic carbocycles. The first-order chi connectivity index (χ1) is 11.1. The molecule has 0 atom stereocenters. The highest BCUT2D eigenvalue weighted by Gasteiger charge is 2.28. The molecule has 24 heavy (non-hydrogen) atoms. The topological polar surface area (TPSA) is 158 Å². The van der Waals surface area contributed by atoms with E-state index in [1.54, 1.807) is 0 Å². The van der Waals surface area contributed by atoms with Gasteiger partial charge in [0.2, 0.25) is 0 Å². The molecule has 0 saturated heterocycles. The quantitative estimate of drug-likeness (QED) is 0.474. The molecule has 0 aliphatic heterocycles. The Morgan fingerprint density at radius 2 is 1.67 bits per heavy atom. The van der Waals surface area contributed by atoms with Crippen molar-refractivity contribution in [1.29, 1.82) is 0 Å². The predicted molar refractivity (Wildman–Crippen MR) is 86.2 cm³/mol. The Morgan fingerprint density at radius 3 is 2.25 bits per heavy atom. The number of aryl methyl sites for hydroxylation is 1. The van der Waals surface area contributed by atoms with Crippen LogP contribution >= 0.6 is 0 Å². The Hall–Kier alpha value is -3.21. The van der Waals surface area contributed by atoms with Gasteiger partial charge < -0.3 is 5.73 Å². The van der Waals surface area contributed by atoms with Crippen molar-refractivity contribution in [3.63, 3.8) is 0 Å². The van der Waals surface area contributed by atoms with Gasteiger partial charge in [-0.15, -0.1) is 0 Å². The monoisotopic (exact) mass is 352 g/mol. The normalized spacial score (nSPS) is 11.0. The number of sulfonamides is 1. The Bertz CT molecular complexity index is 941. The third-order valence-electron chi connectivity index (χ3n) is 3.14. The van der Waals surface area contributed by atoms with Gasteiger partial charge in [0.15, 0.2) is 4.90 Å². The summed E-state index contributed by atoms with van der Waals surface area (Å²) in [7, 11) is -4.33. The molecule has 11 heteroatoms. The van der Waals surface area contributed by atoms with E-state index in [1.165, 1.54) is 31.2 Å². The number of nitro groups is 2. The number of nitrogens with one attached hydrogen (secondary N) is 1. The largest absolute Gasteiger partial charge is 0.393 e. The van der Waals surface area contributed by atoms with Crippen LogP contribution in [0.25, 0.3) is 0 Å². The van der Waals surface area contributed by atoms with Crippen LogP contribution in [0.1, 0.15) is 5.56 Å². The summed E-state index contributed by atoms with van der Waals surface area (Å²) in [5, 5.41) is 21.9. The fourth-order valence-electron chi connectivity index (χ4n) is 2.10. The van der Waals surface area contributed by atoms with Gasteiger partial charge in [-0.05, 0) is 24.6 Å². The van der Waals surface area contributed by atoms with Crippen molar-refractivity contribution >= 4 is 32.8 Å². The number of hydrogen-bond donors (Lipinski definition) is 2. The standard InChI is InChI=1S/C13H12N4O6S/c1-8-3-2-4-11(16(18)19)13(8)24(22,23)15-9-5-6-10(14)12(7-9)17(20)21/h2-7,15H,14H2,1H3. The van der Waals surface area contributed by atoms with Gasteiger partial charge in [-0.2, -0.15) is 0 Å². The summed E-state index contributed by atoms with van der Waals surface area (Å²) in [6, 6.07) is 7.17. The van der Waals surface area contributed by atoms with Crippen molar-refractivity contribution in [2.45, 2.75) is 11.8 Å². The number of nitrogen functional groups attached to an aromatic ring is 1. The van der Waals surface area contributed by atoms with E-state index in [1.807, 2.05) is 0 Å². The van der Waals surface area contributed by atoms with E-state index < -0.39 is 36.1 Å². The second kappa shape index (κ2) is 6.12. The molecule has 0 amide bonds. The maximum absolute atomic E-state index is 12.5. The SMILES string of the molecule is Cc1cccc([N+](=O)[O-])c1S(=O)(=O)Nc1ccc(N)c([N+](=O)[O-])c1. The number of nitro benzene ring substituents is 2. The predicted octanol–water partition coefficient (Wildman–Crippen LogP) is 2.19. The van der Waals surface area contributed by atoms with Crippen LogP contribution in [0, 0.1) is 27.2 Å². The molecule has 126 valence electrons. The Labute approximate surface area is 136 Å². The zero-order valence-corrected chi connectivity index (χ0v) is 13.1.